The molecule has 0 N–H and O–H groups in total. The molecular weight excluding hydrogens is 693 g/mol. The lowest BCUT2D eigenvalue weighted by Gasteiger charge is -2.22. The summed E-state index contributed by atoms with van der Waals surface area (Å²) in [6.07, 6.45) is 12.1. The minimum absolute atomic E-state index is 0.117. The molecule has 0 bridgehead atoms. The van der Waals surface area contributed by atoms with Crippen LogP contribution in [0, 0.1) is 0 Å². The summed E-state index contributed by atoms with van der Waals surface area (Å²) in [5.74, 6) is 0. The SMILES string of the molecule is C=Cc1ccccc1C(=C)c1ccccccc(/C(C)=C/C(=C\C)CC=C2/C(=C\C)C(C)(C)c3cc4cc(S)c(-c5ccccc5)cc4cc32)c2ccccc12. The second-order valence-electron chi connectivity index (χ2n) is 15.1. The van der Waals surface area contributed by atoms with Crippen molar-refractivity contribution in [2.24, 2.45) is 0 Å². The van der Waals surface area contributed by atoms with Crippen molar-refractivity contribution in [1.29, 1.82) is 0 Å². The van der Waals surface area contributed by atoms with Crippen molar-refractivity contribution in [3.63, 3.8) is 0 Å². The van der Waals surface area contributed by atoms with Gasteiger partial charge in [0.2, 0.25) is 0 Å². The number of rotatable bonds is 8. The topological polar surface area (TPSA) is 0 Å². The molecule has 0 fully saturated rings. The van der Waals surface area contributed by atoms with Crippen molar-refractivity contribution in [1.82, 2.24) is 0 Å². The predicted octanol–water partition coefficient (Wildman–Crippen LogP) is 15.8. The molecular formula is C55H50S. The third kappa shape index (κ3) is 7.40. The van der Waals surface area contributed by atoms with Gasteiger partial charge in [-0.05, 0) is 145 Å². The summed E-state index contributed by atoms with van der Waals surface area (Å²) in [4.78, 5) is 0.997. The Kier molecular flexibility index (Phi) is 11.3. The highest BCUT2D eigenvalue weighted by molar-refractivity contribution is 7.80. The monoisotopic (exact) mass is 742 g/mol. The summed E-state index contributed by atoms with van der Waals surface area (Å²) < 4.78 is 0. The number of thiol groups is 1. The fraction of sp³-hybridized carbons (Fsp3) is 0.127. The largest absolute Gasteiger partial charge is 0.143 e. The van der Waals surface area contributed by atoms with Gasteiger partial charge in [-0.3, -0.25) is 0 Å². The van der Waals surface area contributed by atoms with Crippen LogP contribution in [0.2, 0.25) is 0 Å². The highest BCUT2D eigenvalue weighted by Gasteiger charge is 2.37. The zero-order chi connectivity index (χ0) is 39.4. The Labute approximate surface area is 339 Å². The van der Waals surface area contributed by atoms with Gasteiger partial charge in [0.05, 0.1) is 0 Å². The van der Waals surface area contributed by atoms with E-state index in [0.717, 1.165) is 44.5 Å². The average Bonchev–Trinajstić information content (AvgIpc) is 3.43. The first-order valence-electron chi connectivity index (χ1n) is 19.5. The third-order valence-electron chi connectivity index (χ3n) is 11.3. The van der Waals surface area contributed by atoms with Crippen molar-refractivity contribution in [3.8, 4) is 11.1 Å². The van der Waals surface area contributed by atoms with Gasteiger partial charge < -0.3 is 0 Å². The molecule has 0 aliphatic heterocycles. The van der Waals surface area contributed by atoms with Crippen LogP contribution in [0.25, 0.3) is 55.5 Å². The lowest BCUT2D eigenvalue weighted by atomic mass is 9.81. The van der Waals surface area contributed by atoms with E-state index < -0.39 is 0 Å². The summed E-state index contributed by atoms with van der Waals surface area (Å²) in [5, 5.41) is 4.78. The van der Waals surface area contributed by atoms with E-state index >= 15 is 0 Å². The van der Waals surface area contributed by atoms with Gasteiger partial charge in [0, 0.05) is 10.3 Å². The van der Waals surface area contributed by atoms with Crippen LogP contribution in [0.3, 0.4) is 0 Å². The number of hydrogen-bond donors (Lipinski definition) is 1. The second-order valence-corrected chi connectivity index (χ2v) is 15.5. The van der Waals surface area contributed by atoms with E-state index in [-0.39, 0.29) is 5.41 Å². The van der Waals surface area contributed by atoms with Gasteiger partial charge in [0.25, 0.3) is 0 Å². The van der Waals surface area contributed by atoms with Crippen LogP contribution >= 0.6 is 12.6 Å². The van der Waals surface area contributed by atoms with Crippen LogP contribution in [-0.4, -0.2) is 0 Å². The van der Waals surface area contributed by atoms with E-state index in [9.17, 15) is 0 Å². The Morgan fingerprint density at radius 1 is 0.679 bits per heavy atom. The first kappa shape index (κ1) is 38.4. The van der Waals surface area contributed by atoms with E-state index in [4.69, 9.17) is 12.6 Å². The lowest BCUT2D eigenvalue weighted by Crippen LogP contribution is -2.15. The van der Waals surface area contributed by atoms with Gasteiger partial charge in [-0.1, -0.05) is 173 Å². The molecule has 0 heterocycles. The Bertz CT molecular complexity index is 2690. The maximum absolute atomic E-state index is 4.94. The maximum atomic E-state index is 4.94. The van der Waals surface area contributed by atoms with Gasteiger partial charge in [-0.15, -0.1) is 12.6 Å². The molecule has 0 saturated carbocycles. The number of fused-ring (bicyclic) bond motifs is 3. The van der Waals surface area contributed by atoms with Gasteiger partial charge in [0.15, 0.2) is 0 Å². The van der Waals surface area contributed by atoms with Crippen LogP contribution in [0.1, 0.15) is 74.4 Å². The zero-order valence-electron chi connectivity index (χ0n) is 33.2. The van der Waals surface area contributed by atoms with Crippen LogP contribution in [-0.2, 0) is 5.41 Å². The highest BCUT2D eigenvalue weighted by atomic mass is 32.1. The highest BCUT2D eigenvalue weighted by Crippen LogP contribution is 2.51. The van der Waals surface area contributed by atoms with Gasteiger partial charge >= 0.3 is 0 Å². The minimum atomic E-state index is -0.117. The Balaban J connectivity index is 1.31. The van der Waals surface area contributed by atoms with Gasteiger partial charge in [-0.2, -0.15) is 0 Å². The Hall–Kier alpha value is -5.89. The number of hydrogen-bond acceptors (Lipinski definition) is 1. The molecule has 0 saturated heterocycles. The zero-order valence-corrected chi connectivity index (χ0v) is 34.1. The molecule has 0 amide bonds. The fourth-order valence-corrected chi connectivity index (χ4v) is 8.72. The molecule has 6 aromatic carbocycles. The average molecular weight is 743 g/mol. The second kappa shape index (κ2) is 16.5. The Morgan fingerprint density at radius 2 is 1.25 bits per heavy atom. The summed E-state index contributed by atoms with van der Waals surface area (Å²) in [6.45, 7) is 20.0. The quantitative estimate of drug-likeness (QED) is 0.117. The third-order valence-corrected chi connectivity index (χ3v) is 11.7. The first-order chi connectivity index (χ1) is 27.2. The van der Waals surface area contributed by atoms with E-state index in [2.05, 4.69) is 206 Å². The smallest absolute Gasteiger partial charge is 0.0155 e. The van der Waals surface area contributed by atoms with E-state index in [0.29, 0.717) is 0 Å². The fourth-order valence-electron chi connectivity index (χ4n) is 8.39. The molecule has 0 unspecified atom stereocenters. The summed E-state index contributed by atoms with van der Waals surface area (Å²) >= 11 is 4.94. The first-order valence-corrected chi connectivity index (χ1v) is 19.9. The van der Waals surface area contributed by atoms with E-state index in [1.165, 1.54) is 60.7 Å². The van der Waals surface area contributed by atoms with Crippen molar-refractivity contribution in [3.05, 3.63) is 222 Å². The van der Waals surface area contributed by atoms with Crippen LogP contribution < -0.4 is 0 Å². The Morgan fingerprint density at radius 3 is 1.95 bits per heavy atom. The molecule has 0 nitrogen and oxygen atoms in total. The van der Waals surface area contributed by atoms with Gasteiger partial charge in [0.1, 0.15) is 0 Å². The number of benzene rings is 5. The molecule has 276 valence electrons. The van der Waals surface area contributed by atoms with Gasteiger partial charge in [-0.25, -0.2) is 0 Å². The van der Waals surface area contributed by atoms with Crippen LogP contribution in [0.5, 0.6) is 0 Å². The lowest BCUT2D eigenvalue weighted by molar-refractivity contribution is 0.660. The number of allylic oxidation sites excluding steroid dienone is 8. The molecule has 6 aromatic rings. The molecule has 1 heteroatoms. The van der Waals surface area contributed by atoms with E-state index in [1.54, 1.807) is 0 Å². The molecule has 1 aliphatic rings. The maximum Gasteiger partial charge on any atom is 0.0155 e. The molecule has 56 heavy (non-hydrogen) atoms. The molecule has 0 atom stereocenters. The summed E-state index contributed by atoms with van der Waals surface area (Å²) in [6, 6.07) is 49.7. The van der Waals surface area contributed by atoms with Crippen molar-refractivity contribution in [2.45, 2.75) is 51.3 Å². The summed E-state index contributed by atoms with van der Waals surface area (Å²) in [5.41, 5.74) is 15.5. The molecule has 0 aromatic heterocycles. The van der Waals surface area contributed by atoms with E-state index in [1.807, 2.05) is 12.1 Å². The van der Waals surface area contributed by atoms with Crippen molar-refractivity contribution < 1.29 is 0 Å². The summed E-state index contributed by atoms with van der Waals surface area (Å²) in [7, 11) is 0. The molecule has 0 spiro atoms. The molecule has 0 radical (unpaired) electrons. The van der Waals surface area contributed by atoms with Crippen molar-refractivity contribution in [2.75, 3.05) is 0 Å². The molecule has 7 rings (SSSR count). The van der Waals surface area contributed by atoms with Crippen molar-refractivity contribution >= 4 is 57.0 Å². The predicted molar refractivity (Wildman–Crippen MR) is 250 cm³/mol. The minimum Gasteiger partial charge on any atom is -0.143 e. The molecule has 1 aliphatic carbocycles. The van der Waals surface area contributed by atoms with Crippen LogP contribution in [0.4, 0.5) is 0 Å². The standard InChI is InChI=1S/C55H50S/c1-8-39(30-31-49-51-34-42-33-50(41-23-14-13-15-24-41)54(56)36-43(42)35-53(51)55(6,7)52(49)10-3)32-37(4)44-25-16-11-12-17-27-46(48-29-21-20-28-47(44)48)38(5)45-26-19-18-22-40(45)9-2/h8-29,31-36,56H,2,5,30H2,1,3-4,6-7H3/b12-11?,16-11?,17-12?,25-16?,27-17?,37-32+,39-8-,44-25?,46-27?,47-44?,48-46?,49-31?,52-10+. The van der Waals surface area contributed by atoms with Crippen LogP contribution in [0.15, 0.2) is 193 Å². The normalized spacial score (nSPS) is 15.2.